The fourth-order valence-electron chi connectivity index (χ4n) is 2.03. The topological polar surface area (TPSA) is 63.3 Å². The molecule has 0 bridgehead atoms. The number of nitrogens with one attached hydrogen (secondary N) is 1. The second-order valence-corrected chi connectivity index (χ2v) is 5.23. The lowest BCUT2D eigenvalue weighted by atomic mass is 10.2. The van der Waals surface area contributed by atoms with Crippen LogP contribution in [0.4, 0.5) is 0 Å². The average Bonchev–Trinajstić information content (AvgIpc) is 3.16. The average molecular weight is 290 g/mol. The first-order chi connectivity index (χ1) is 10.1. The molecule has 0 unspecified atom stereocenters. The molecule has 2 aromatic rings. The lowest BCUT2D eigenvalue weighted by molar-refractivity contribution is -0.129. The predicted molar refractivity (Wildman–Crippen MR) is 79.6 cm³/mol. The number of hydrogen-bond acceptors (Lipinski definition) is 4. The van der Waals surface area contributed by atoms with Crippen LogP contribution in [0.2, 0.25) is 0 Å². The third-order valence-electron chi connectivity index (χ3n) is 3.64. The standard InChI is InChI=1S/C15H22N4O2/c1-12(13(2)19-8-5-7-17-19)16-10-15(20)18(3)11-14-6-4-9-21-14/h4-9,12-13,16H,10-11H2,1-3H3/t12-,13+/m0/s1. The van der Waals surface area contributed by atoms with Gasteiger partial charge in [0, 0.05) is 25.5 Å². The van der Waals surface area contributed by atoms with Crippen LogP contribution in [0.5, 0.6) is 0 Å². The molecule has 0 saturated heterocycles. The molecule has 1 N–H and O–H groups in total. The first-order valence-electron chi connectivity index (χ1n) is 7.06. The lowest BCUT2D eigenvalue weighted by Gasteiger charge is -2.23. The third kappa shape index (κ3) is 4.19. The second-order valence-electron chi connectivity index (χ2n) is 5.23. The number of likely N-dealkylation sites (N-methyl/N-ethyl adjacent to an activating group) is 1. The molecule has 0 saturated carbocycles. The van der Waals surface area contributed by atoms with Crippen molar-refractivity contribution in [2.24, 2.45) is 0 Å². The van der Waals surface area contributed by atoms with Crippen molar-refractivity contribution in [1.82, 2.24) is 20.0 Å². The number of hydrogen-bond donors (Lipinski definition) is 1. The van der Waals surface area contributed by atoms with E-state index >= 15 is 0 Å². The minimum Gasteiger partial charge on any atom is -0.467 e. The van der Waals surface area contributed by atoms with Crippen LogP contribution in [0.25, 0.3) is 0 Å². The van der Waals surface area contributed by atoms with Crippen molar-refractivity contribution in [2.75, 3.05) is 13.6 Å². The van der Waals surface area contributed by atoms with Crippen molar-refractivity contribution in [3.8, 4) is 0 Å². The van der Waals surface area contributed by atoms with Gasteiger partial charge in [-0.05, 0) is 32.0 Å². The number of carbonyl (C=O) groups is 1. The smallest absolute Gasteiger partial charge is 0.236 e. The van der Waals surface area contributed by atoms with E-state index in [9.17, 15) is 4.79 Å². The van der Waals surface area contributed by atoms with E-state index in [0.29, 0.717) is 13.1 Å². The molecule has 6 nitrogen and oxygen atoms in total. The van der Waals surface area contributed by atoms with Crippen LogP contribution in [0, 0.1) is 0 Å². The van der Waals surface area contributed by atoms with Gasteiger partial charge in [0.15, 0.2) is 0 Å². The maximum absolute atomic E-state index is 12.1. The van der Waals surface area contributed by atoms with Crippen molar-refractivity contribution in [3.05, 3.63) is 42.6 Å². The summed E-state index contributed by atoms with van der Waals surface area (Å²) in [6, 6.07) is 5.90. The van der Waals surface area contributed by atoms with Crippen LogP contribution in [0.1, 0.15) is 25.6 Å². The zero-order valence-electron chi connectivity index (χ0n) is 12.7. The molecule has 114 valence electrons. The molecule has 2 atom stereocenters. The molecular formula is C15H22N4O2. The quantitative estimate of drug-likeness (QED) is 0.842. The van der Waals surface area contributed by atoms with Gasteiger partial charge in [-0.1, -0.05) is 0 Å². The molecule has 0 aromatic carbocycles. The molecule has 0 aliphatic heterocycles. The minimum absolute atomic E-state index is 0.0333. The molecule has 0 spiro atoms. The minimum atomic E-state index is 0.0333. The van der Waals surface area contributed by atoms with Crippen LogP contribution < -0.4 is 5.32 Å². The number of amides is 1. The van der Waals surface area contributed by atoms with Gasteiger partial charge in [-0.25, -0.2) is 0 Å². The van der Waals surface area contributed by atoms with Gasteiger partial charge in [-0.15, -0.1) is 0 Å². The summed E-state index contributed by atoms with van der Waals surface area (Å²) in [6.07, 6.45) is 5.29. The van der Waals surface area contributed by atoms with E-state index in [4.69, 9.17) is 4.42 Å². The molecular weight excluding hydrogens is 268 g/mol. The molecule has 0 fully saturated rings. The Morgan fingerprint density at radius 2 is 2.29 bits per heavy atom. The highest BCUT2D eigenvalue weighted by Crippen LogP contribution is 2.09. The fraction of sp³-hybridized carbons (Fsp3) is 0.467. The van der Waals surface area contributed by atoms with Crippen molar-refractivity contribution in [2.45, 2.75) is 32.5 Å². The number of rotatable bonds is 7. The second kappa shape index (κ2) is 7.08. The third-order valence-corrected chi connectivity index (χ3v) is 3.64. The summed E-state index contributed by atoms with van der Waals surface area (Å²) in [7, 11) is 1.77. The Labute approximate surface area is 124 Å². The van der Waals surface area contributed by atoms with E-state index in [0.717, 1.165) is 5.76 Å². The zero-order chi connectivity index (χ0) is 15.2. The summed E-state index contributed by atoms with van der Waals surface area (Å²) in [5.74, 6) is 0.815. The summed E-state index contributed by atoms with van der Waals surface area (Å²) in [5, 5.41) is 7.47. The first-order valence-corrected chi connectivity index (χ1v) is 7.06. The normalized spacial score (nSPS) is 13.9. The summed E-state index contributed by atoms with van der Waals surface area (Å²) >= 11 is 0. The summed E-state index contributed by atoms with van der Waals surface area (Å²) in [6.45, 7) is 4.90. The van der Waals surface area contributed by atoms with Crippen LogP contribution in [0.3, 0.4) is 0 Å². The number of furan rings is 1. The zero-order valence-corrected chi connectivity index (χ0v) is 12.7. The van der Waals surface area contributed by atoms with Crippen LogP contribution in [-0.4, -0.2) is 40.2 Å². The molecule has 2 rings (SSSR count). The van der Waals surface area contributed by atoms with E-state index in [1.807, 2.05) is 36.0 Å². The molecule has 0 aliphatic rings. The Bertz CT molecular complexity index is 536. The maximum Gasteiger partial charge on any atom is 0.236 e. The molecule has 0 aliphatic carbocycles. The van der Waals surface area contributed by atoms with E-state index < -0.39 is 0 Å². The van der Waals surface area contributed by atoms with Gasteiger partial charge in [0.1, 0.15) is 5.76 Å². The van der Waals surface area contributed by atoms with Crippen molar-refractivity contribution < 1.29 is 9.21 Å². The molecule has 2 aromatic heterocycles. The Morgan fingerprint density at radius 1 is 1.48 bits per heavy atom. The molecule has 0 radical (unpaired) electrons. The highest BCUT2D eigenvalue weighted by atomic mass is 16.3. The number of aromatic nitrogens is 2. The Kier molecular flexibility index (Phi) is 5.16. The van der Waals surface area contributed by atoms with Gasteiger partial charge in [0.05, 0.1) is 25.4 Å². The molecule has 21 heavy (non-hydrogen) atoms. The highest BCUT2D eigenvalue weighted by molar-refractivity contribution is 5.77. The Balaban J connectivity index is 1.77. The number of nitrogens with zero attached hydrogens (tertiary/aromatic N) is 3. The lowest BCUT2D eigenvalue weighted by Crippen LogP contribution is -2.41. The van der Waals surface area contributed by atoms with Gasteiger partial charge >= 0.3 is 0 Å². The molecule has 1 amide bonds. The van der Waals surface area contributed by atoms with E-state index in [1.165, 1.54) is 0 Å². The first kappa shape index (κ1) is 15.3. The van der Waals surface area contributed by atoms with Gasteiger partial charge in [-0.2, -0.15) is 5.10 Å². The Morgan fingerprint density at radius 3 is 2.90 bits per heavy atom. The SMILES string of the molecule is C[C@H](NCC(=O)N(C)Cc1ccco1)[C@@H](C)n1cccn1. The maximum atomic E-state index is 12.1. The summed E-state index contributed by atoms with van der Waals surface area (Å²) in [5.41, 5.74) is 0. The van der Waals surface area contributed by atoms with E-state index in [2.05, 4.69) is 17.3 Å². The van der Waals surface area contributed by atoms with Crippen LogP contribution in [0.15, 0.2) is 41.3 Å². The van der Waals surface area contributed by atoms with Crippen molar-refractivity contribution >= 4 is 5.91 Å². The molecule has 6 heteroatoms. The largest absolute Gasteiger partial charge is 0.467 e. The fourth-order valence-corrected chi connectivity index (χ4v) is 2.03. The van der Waals surface area contributed by atoms with Crippen molar-refractivity contribution in [1.29, 1.82) is 0 Å². The van der Waals surface area contributed by atoms with E-state index in [1.54, 1.807) is 24.4 Å². The van der Waals surface area contributed by atoms with Gasteiger partial charge in [-0.3, -0.25) is 9.48 Å². The van der Waals surface area contributed by atoms with Gasteiger partial charge in [0.25, 0.3) is 0 Å². The predicted octanol–water partition coefficient (Wildman–Crippen LogP) is 1.67. The summed E-state index contributed by atoms with van der Waals surface area (Å²) < 4.78 is 7.12. The van der Waals surface area contributed by atoms with Gasteiger partial charge in [0.2, 0.25) is 5.91 Å². The molecule has 2 heterocycles. The summed E-state index contributed by atoms with van der Waals surface area (Å²) in [4.78, 5) is 13.7. The van der Waals surface area contributed by atoms with Crippen LogP contribution >= 0.6 is 0 Å². The monoisotopic (exact) mass is 290 g/mol. The highest BCUT2D eigenvalue weighted by Gasteiger charge is 2.16. The van der Waals surface area contributed by atoms with E-state index in [-0.39, 0.29) is 18.0 Å². The van der Waals surface area contributed by atoms with Crippen molar-refractivity contribution in [3.63, 3.8) is 0 Å². The number of carbonyl (C=O) groups excluding carboxylic acids is 1. The van der Waals surface area contributed by atoms with Gasteiger partial charge < -0.3 is 14.6 Å². The van der Waals surface area contributed by atoms with Crippen LogP contribution in [-0.2, 0) is 11.3 Å². The Hall–Kier alpha value is -2.08.